The third-order valence-electron chi connectivity index (χ3n) is 5.60. The van der Waals surface area contributed by atoms with Gasteiger partial charge in [0.25, 0.3) is 0 Å². The number of halogens is 1. The van der Waals surface area contributed by atoms with Crippen LogP contribution in [0.15, 0.2) is 42.6 Å². The van der Waals surface area contributed by atoms with Crippen LogP contribution in [0.25, 0.3) is 22.0 Å². The molecule has 0 atom stereocenters. The molecule has 1 fully saturated rings. The number of carbonyl (C=O) groups excluding carboxylic acids is 1. The van der Waals surface area contributed by atoms with E-state index in [1.165, 1.54) is 11.1 Å². The number of pyridine rings is 1. The minimum absolute atomic E-state index is 0.164. The summed E-state index contributed by atoms with van der Waals surface area (Å²) in [7, 11) is 0. The van der Waals surface area contributed by atoms with Crippen molar-refractivity contribution in [3.63, 3.8) is 0 Å². The van der Waals surface area contributed by atoms with E-state index in [0.29, 0.717) is 11.6 Å². The predicted molar refractivity (Wildman–Crippen MR) is 116 cm³/mol. The second-order valence-electron chi connectivity index (χ2n) is 7.34. The fourth-order valence-electron chi connectivity index (χ4n) is 4.11. The van der Waals surface area contributed by atoms with Gasteiger partial charge < -0.3 is 9.80 Å². The van der Waals surface area contributed by atoms with Gasteiger partial charge in [-0.25, -0.2) is 0 Å². The second-order valence-corrected chi connectivity index (χ2v) is 7.75. The van der Waals surface area contributed by atoms with E-state index in [1.807, 2.05) is 30.2 Å². The lowest BCUT2D eigenvalue weighted by atomic mass is 9.94. The molecule has 2 heterocycles. The smallest absolute Gasteiger partial charge is 0.242 e. The fraction of sp³-hybridized carbons (Fsp3) is 0.304. The van der Waals surface area contributed by atoms with E-state index in [0.717, 1.165) is 47.4 Å². The maximum absolute atomic E-state index is 12.4. The van der Waals surface area contributed by atoms with Gasteiger partial charge in [-0.1, -0.05) is 29.8 Å². The summed E-state index contributed by atoms with van der Waals surface area (Å²) < 4.78 is 0. The van der Waals surface area contributed by atoms with Crippen molar-refractivity contribution < 1.29 is 4.79 Å². The average molecular weight is 394 g/mol. The molecule has 28 heavy (non-hydrogen) atoms. The Hall–Kier alpha value is -2.59. The molecule has 0 bridgehead atoms. The lowest BCUT2D eigenvalue weighted by Crippen LogP contribution is -2.50. The normalized spacial score (nSPS) is 14.8. The van der Waals surface area contributed by atoms with E-state index in [2.05, 4.69) is 48.0 Å². The number of hydrogen-bond donors (Lipinski definition) is 0. The van der Waals surface area contributed by atoms with E-state index < -0.39 is 0 Å². The third kappa shape index (κ3) is 3.22. The van der Waals surface area contributed by atoms with Crippen LogP contribution in [0.2, 0.25) is 5.02 Å². The second kappa shape index (κ2) is 7.44. The van der Waals surface area contributed by atoms with E-state index >= 15 is 0 Å². The molecule has 2 aromatic carbocycles. The van der Waals surface area contributed by atoms with Crippen molar-refractivity contribution in [3.05, 3.63) is 58.7 Å². The van der Waals surface area contributed by atoms with Crippen LogP contribution in [0.5, 0.6) is 0 Å². The average Bonchev–Trinajstić information content (AvgIpc) is 2.67. The Morgan fingerprint density at radius 2 is 1.86 bits per heavy atom. The minimum atomic E-state index is 0.164. The summed E-state index contributed by atoms with van der Waals surface area (Å²) in [6.07, 6.45) is 1.82. The number of likely N-dealkylation sites (N-methyl/N-ethyl adjacent to an activating group) is 1. The molecule has 3 aromatic rings. The molecule has 0 unspecified atom stereocenters. The molecule has 144 valence electrons. The molecule has 0 N–H and O–H groups in total. The highest BCUT2D eigenvalue weighted by Crippen LogP contribution is 2.38. The number of anilines is 1. The number of amides is 1. The zero-order valence-corrected chi connectivity index (χ0v) is 17.3. The first-order chi connectivity index (χ1) is 13.5. The van der Waals surface area contributed by atoms with Gasteiger partial charge >= 0.3 is 0 Å². The Kier molecular flexibility index (Phi) is 4.98. The van der Waals surface area contributed by atoms with Gasteiger partial charge in [-0.2, -0.15) is 0 Å². The summed E-state index contributed by atoms with van der Waals surface area (Å²) in [5.74, 6) is 0.164. The van der Waals surface area contributed by atoms with Gasteiger partial charge in [0, 0.05) is 47.5 Å². The molecule has 0 saturated carbocycles. The number of benzene rings is 2. The van der Waals surface area contributed by atoms with Crippen molar-refractivity contribution in [2.24, 2.45) is 0 Å². The molecule has 1 aromatic heterocycles. The maximum atomic E-state index is 12.4. The quantitative estimate of drug-likeness (QED) is 0.638. The lowest BCUT2D eigenvalue weighted by Gasteiger charge is -2.35. The number of aromatic nitrogens is 1. The Bertz CT molecular complexity index is 1040. The molecule has 4 nitrogen and oxygen atoms in total. The van der Waals surface area contributed by atoms with Crippen molar-refractivity contribution in [2.75, 3.05) is 31.1 Å². The molecule has 1 aliphatic rings. The zero-order valence-electron chi connectivity index (χ0n) is 16.5. The van der Waals surface area contributed by atoms with Crippen LogP contribution < -0.4 is 4.90 Å². The molecule has 0 aliphatic carbocycles. The third-order valence-corrected chi connectivity index (χ3v) is 5.91. The van der Waals surface area contributed by atoms with Gasteiger partial charge in [0.05, 0.1) is 12.1 Å². The molecule has 1 aliphatic heterocycles. The Morgan fingerprint density at radius 1 is 1.11 bits per heavy atom. The molecular weight excluding hydrogens is 370 g/mol. The van der Waals surface area contributed by atoms with Crippen LogP contribution >= 0.6 is 11.6 Å². The van der Waals surface area contributed by atoms with Crippen molar-refractivity contribution in [1.29, 1.82) is 0 Å². The van der Waals surface area contributed by atoms with Crippen LogP contribution in [0, 0.1) is 13.8 Å². The number of fused-ring (bicyclic) bond motifs is 1. The number of rotatable bonds is 3. The summed E-state index contributed by atoms with van der Waals surface area (Å²) in [5, 5.41) is 1.69. The van der Waals surface area contributed by atoms with Crippen molar-refractivity contribution in [1.82, 2.24) is 9.88 Å². The summed E-state index contributed by atoms with van der Waals surface area (Å²) in [6, 6.07) is 12.3. The highest BCUT2D eigenvalue weighted by atomic mass is 35.5. The molecule has 0 spiro atoms. The first kappa shape index (κ1) is 18.8. The highest BCUT2D eigenvalue weighted by molar-refractivity contribution is 6.34. The van der Waals surface area contributed by atoms with Crippen LogP contribution in [-0.4, -0.2) is 42.0 Å². The number of aryl methyl sites for hydroxylation is 2. The lowest BCUT2D eigenvalue weighted by molar-refractivity contribution is -0.130. The molecule has 4 rings (SSSR count). The summed E-state index contributed by atoms with van der Waals surface area (Å²) in [6.45, 7) is 8.93. The number of nitrogens with zero attached hydrogens (tertiary/aromatic N) is 3. The zero-order chi connectivity index (χ0) is 19.8. The van der Waals surface area contributed by atoms with Gasteiger partial charge in [0.2, 0.25) is 5.91 Å². The molecule has 1 saturated heterocycles. The number of piperazine rings is 1. The van der Waals surface area contributed by atoms with Crippen molar-refractivity contribution >= 4 is 34.1 Å². The van der Waals surface area contributed by atoms with Gasteiger partial charge in [-0.05, 0) is 55.7 Å². The SMILES string of the molecule is CCN1CCN(c2ccnc3cc(-c4c(C)cccc4C)c(Cl)cc23)CC1=O. The molecule has 0 radical (unpaired) electrons. The first-order valence-electron chi connectivity index (χ1n) is 9.67. The minimum Gasteiger partial charge on any atom is -0.360 e. The largest absolute Gasteiger partial charge is 0.360 e. The Morgan fingerprint density at radius 3 is 2.54 bits per heavy atom. The van der Waals surface area contributed by atoms with E-state index in [9.17, 15) is 4.79 Å². The van der Waals surface area contributed by atoms with Gasteiger partial charge in [0.15, 0.2) is 0 Å². The monoisotopic (exact) mass is 393 g/mol. The van der Waals surface area contributed by atoms with Gasteiger partial charge in [-0.3, -0.25) is 9.78 Å². The first-order valence-corrected chi connectivity index (χ1v) is 10.0. The molecule has 5 heteroatoms. The van der Waals surface area contributed by atoms with Gasteiger partial charge in [-0.15, -0.1) is 0 Å². The van der Waals surface area contributed by atoms with Crippen molar-refractivity contribution in [2.45, 2.75) is 20.8 Å². The number of hydrogen-bond acceptors (Lipinski definition) is 3. The number of carbonyl (C=O) groups is 1. The van der Waals surface area contributed by atoms with Crippen LogP contribution in [0.4, 0.5) is 5.69 Å². The summed E-state index contributed by atoms with van der Waals surface area (Å²) in [5.41, 5.74) is 6.46. The maximum Gasteiger partial charge on any atom is 0.242 e. The van der Waals surface area contributed by atoms with Crippen LogP contribution in [0.1, 0.15) is 18.1 Å². The van der Waals surface area contributed by atoms with Crippen molar-refractivity contribution in [3.8, 4) is 11.1 Å². The Balaban J connectivity index is 1.80. The van der Waals surface area contributed by atoms with Gasteiger partial charge in [0.1, 0.15) is 0 Å². The summed E-state index contributed by atoms with van der Waals surface area (Å²) in [4.78, 5) is 21.0. The summed E-state index contributed by atoms with van der Waals surface area (Å²) >= 11 is 6.75. The molecular formula is C23H24ClN3O. The highest BCUT2D eigenvalue weighted by Gasteiger charge is 2.24. The standard InChI is InChI=1S/C23H24ClN3O/c1-4-26-10-11-27(14-22(26)28)21-8-9-25-20-13-17(19(24)12-18(20)21)23-15(2)6-5-7-16(23)3/h5-9,12-13H,4,10-11,14H2,1-3H3. The molecule has 1 amide bonds. The topological polar surface area (TPSA) is 36.4 Å². The fourth-order valence-corrected chi connectivity index (χ4v) is 4.37. The van der Waals surface area contributed by atoms with E-state index in [4.69, 9.17) is 11.6 Å². The predicted octanol–water partition coefficient (Wildman–Crippen LogP) is 4.84. The van der Waals surface area contributed by atoms with Crippen LogP contribution in [0.3, 0.4) is 0 Å². The Labute approximate surface area is 170 Å². The van der Waals surface area contributed by atoms with E-state index in [-0.39, 0.29) is 5.91 Å². The van der Waals surface area contributed by atoms with E-state index in [1.54, 1.807) is 0 Å². The van der Waals surface area contributed by atoms with Crippen LogP contribution in [-0.2, 0) is 4.79 Å².